The third kappa shape index (κ3) is 4.02. The van der Waals surface area contributed by atoms with E-state index in [9.17, 15) is 4.79 Å². The van der Waals surface area contributed by atoms with Crippen LogP contribution in [0.1, 0.15) is 15.9 Å². The Kier molecular flexibility index (Phi) is 5.28. The molecule has 24 heavy (non-hydrogen) atoms. The van der Waals surface area contributed by atoms with E-state index >= 15 is 0 Å². The number of carbonyl (C=O) groups is 1. The topological polar surface area (TPSA) is 63.7 Å². The first kappa shape index (κ1) is 16.3. The van der Waals surface area contributed by atoms with E-state index in [2.05, 4.69) is 15.2 Å². The Balaban J connectivity index is 1.60. The highest BCUT2D eigenvalue weighted by Crippen LogP contribution is 2.15. The predicted octanol–water partition coefficient (Wildman–Crippen LogP) is 1.86. The first-order chi connectivity index (χ1) is 11.8. The zero-order valence-electron chi connectivity index (χ0n) is 13.7. The van der Waals surface area contributed by atoms with Crippen molar-refractivity contribution in [1.29, 1.82) is 0 Å². The second-order valence-electron chi connectivity index (χ2n) is 5.53. The minimum absolute atomic E-state index is 0.109. The molecule has 1 aromatic carbocycles. The molecule has 1 fully saturated rings. The highest BCUT2D eigenvalue weighted by atomic mass is 16.5. The van der Waals surface area contributed by atoms with Gasteiger partial charge < -0.3 is 19.7 Å². The van der Waals surface area contributed by atoms with Crippen LogP contribution in [-0.4, -0.2) is 44.3 Å². The molecule has 1 amide bonds. The van der Waals surface area contributed by atoms with Gasteiger partial charge in [-0.2, -0.15) is 0 Å². The number of ether oxygens (including phenoxy) is 2. The van der Waals surface area contributed by atoms with Crippen LogP contribution in [-0.2, 0) is 11.3 Å². The Morgan fingerprint density at radius 3 is 2.71 bits per heavy atom. The summed E-state index contributed by atoms with van der Waals surface area (Å²) in [6, 6.07) is 11.0. The summed E-state index contributed by atoms with van der Waals surface area (Å²) in [6.45, 7) is 3.59. The van der Waals surface area contributed by atoms with Crippen molar-refractivity contribution in [3.05, 3.63) is 53.7 Å². The number of hydrogen-bond donors (Lipinski definition) is 1. The quantitative estimate of drug-likeness (QED) is 0.908. The summed E-state index contributed by atoms with van der Waals surface area (Å²) in [4.78, 5) is 18.8. The average Bonchev–Trinajstić information content (AvgIpc) is 2.67. The fourth-order valence-corrected chi connectivity index (χ4v) is 2.56. The van der Waals surface area contributed by atoms with Crippen molar-refractivity contribution in [2.75, 3.05) is 38.3 Å². The van der Waals surface area contributed by atoms with Gasteiger partial charge in [0.05, 0.1) is 20.3 Å². The van der Waals surface area contributed by atoms with Gasteiger partial charge in [0, 0.05) is 31.4 Å². The number of methoxy groups -OCH3 is 1. The van der Waals surface area contributed by atoms with Gasteiger partial charge in [-0.15, -0.1) is 0 Å². The van der Waals surface area contributed by atoms with E-state index in [1.807, 2.05) is 12.1 Å². The molecular weight excluding hydrogens is 306 g/mol. The number of nitrogens with one attached hydrogen (secondary N) is 1. The van der Waals surface area contributed by atoms with Crippen LogP contribution < -0.4 is 15.0 Å². The maximum Gasteiger partial charge on any atom is 0.251 e. The molecule has 1 aliphatic rings. The van der Waals surface area contributed by atoms with Gasteiger partial charge in [-0.05, 0) is 42.0 Å². The third-order valence-electron chi connectivity index (χ3n) is 3.95. The minimum atomic E-state index is -0.109. The van der Waals surface area contributed by atoms with Crippen molar-refractivity contribution < 1.29 is 14.3 Å². The number of carbonyl (C=O) groups excluding carboxylic acids is 1. The first-order valence-corrected chi connectivity index (χ1v) is 7.96. The second-order valence-corrected chi connectivity index (χ2v) is 5.53. The Morgan fingerprint density at radius 1 is 1.25 bits per heavy atom. The first-order valence-electron chi connectivity index (χ1n) is 7.96. The molecule has 0 spiro atoms. The van der Waals surface area contributed by atoms with Crippen molar-refractivity contribution in [1.82, 2.24) is 10.3 Å². The number of amides is 1. The molecular formula is C18H21N3O3. The van der Waals surface area contributed by atoms with Crippen molar-refractivity contribution in [2.45, 2.75) is 6.54 Å². The zero-order valence-corrected chi connectivity index (χ0v) is 13.7. The van der Waals surface area contributed by atoms with Crippen molar-refractivity contribution in [3.63, 3.8) is 0 Å². The molecule has 2 heterocycles. The number of aromatic nitrogens is 1. The molecule has 0 saturated carbocycles. The summed E-state index contributed by atoms with van der Waals surface area (Å²) >= 11 is 0. The molecule has 0 aliphatic carbocycles. The lowest BCUT2D eigenvalue weighted by Crippen LogP contribution is -2.36. The van der Waals surface area contributed by atoms with Gasteiger partial charge in [0.25, 0.3) is 5.91 Å². The summed E-state index contributed by atoms with van der Waals surface area (Å²) in [5.74, 6) is 1.55. The van der Waals surface area contributed by atoms with Gasteiger partial charge in [0.1, 0.15) is 11.6 Å². The Labute approximate surface area is 141 Å². The second kappa shape index (κ2) is 7.79. The van der Waals surface area contributed by atoms with Crippen LogP contribution in [0.3, 0.4) is 0 Å². The van der Waals surface area contributed by atoms with Crippen molar-refractivity contribution in [2.24, 2.45) is 0 Å². The average molecular weight is 327 g/mol. The lowest BCUT2D eigenvalue weighted by molar-refractivity contribution is 0.0951. The van der Waals surface area contributed by atoms with E-state index in [0.717, 1.165) is 43.4 Å². The molecule has 126 valence electrons. The molecule has 0 radical (unpaired) electrons. The van der Waals surface area contributed by atoms with Crippen LogP contribution in [0.15, 0.2) is 42.6 Å². The number of anilines is 1. The fourth-order valence-electron chi connectivity index (χ4n) is 2.56. The van der Waals surface area contributed by atoms with Crippen LogP contribution in [0.2, 0.25) is 0 Å². The smallest absolute Gasteiger partial charge is 0.251 e. The number of pyridine rings is 1. The number of nitrogens with zero attached hydrogens (tertiary/aromatic N) is 2. The molecule has 6 nitrogen and oxygen atoms in total. The van der Waals surface area contributed by atoms with E-state index in [1.165, 1.54) is 0 Å². The van der Waals surface area contributed by atoms with E-state index in [0.29, 0.717) is 12.1 Å². The summed E-state index contributed by atoms with van der Waals surface area (Å²) in [7, 11) is 1.60. The SMILES string of the molecule is COc1ccc(C(=O)NCc2ccnc(N3CCOCC3)c2)cc1. The molecule has 1 N–H and O–H groups in total. The van der Waals surface area contributed by atoms with E-state index in [1.54, 1.807) is 37.6 Å². The van der Waals surface area contributed by atoms with E-state index in [-0.39, 0.29) is 5.91 Å². The fraction of sp³-hybridized carbons (Fsp3) is 0.333. The van der Waals surface area contributed by atoms with Crippen LogP contribution in [0.5, 0.6) is 5.75 Å². The summed E-state index contributed by atoms with van der Waals surface area (Å²) in [5.41, 5.74) is 1.63. The Morgan fingerprint density at radius 2 is 2.00 bits per heavy atom. The molecule has 0 bridgehead atoms. The van der Waals surface area contributed by atoms with Crippen molar-refractivity contribution in [3.8, 4) is 5.75 Å². The Hall–Kier alpha value is -2.60. The number of rotatable bonds is 5. The monoisotopic (exact) mass is 327 g/mol. The van der Waals surface area contributed by atoms with Gasteiger partial charge in [0.15, 0.2) is 0 Å². The number of hydrogen-bond acceptors (Lipinski definition) is 5. The summed E-state index contributed by atoms with van der Waals surface area (Å²) in [6.07, 6.45) is 1.78. The standard InChI is InChI=1S/C18H21N3O3/c1-23-16-4-2-15(3-5-16)18(22)20-13-14-6-7-19-17(12-14)21-8-10-24-11-9-21/h2-7,12H,8-11,13H2,1H3,(H,20,22). The lowest BCUT2D eigenvalue weighted by Gasteiger charge is -2.28. The van der Waals surface area contributed by atoms with E-state index < -0.39 is 0 Å². The molecule has 6 heteroatoms. The summed E-state index contributed by atoms with van der Waals surface area (Å²) in [5, 5.41) is 2.93. The van der Waals surface area contributed by atoms with Crippen LogP contribution in [0.25, 0.3) is 0 Å². The normalized spacial score (nSPS) is 14.3. The minimum Gasteiger partial charge on any atom is -0.497 e. The lowest BCUT2D eigenvalue weighted by atomic mass is 10.2. The maximum absolute atomic E-state index is 12.2. The van der Waals surface area contributed by atoms with Crippen molar-refractivity contribution >= 4 is 11.7 Å². The maximum atomic E-state index is 12.2. The molecule has 2 aromatic rings. The van der Waals surface area contributed by atoms with Gasteiger partial charge in [0.2, 0.25) is 0 Å². The van der Waals surface area contributed by atoms with Gasteiger partial charge in [-0.1, -0.05) is 0 Å². The molecule has 3 rings (SSSR count). The van der Waals surface area contributed by atoms with Crippen LogP contribution in [0.4, 0.5) is 5.82 Å². The Bertz CT molecular complexity index is 682. The molecule has 1 saturated heterocycles. The molecule has 1 aromatic heterocycles. The van der Waals surface area contributed by atoms with Gasteiger partial charge in [-0.3, -0.25) is 4.79 Å². The highest BCUT2D eigenvalue weighted by molar-refractivity contribution is 5.94. The molecule has 0 unspecified atom stereocenters. The van der Waals surface area contributed by atoms with E-state index in [4.69, 9.17) is 9.47 Å². The number of morpholine rings is 1. The van der Waals surface area contributed by atoms with Crippen LogP contribution in [0, 0.1) is 0 Å². The van der Waals surface area contributed by atoms with Crippen LogP contribution >= 0.6 is 0 Å². The predicted molar refractivity (Wildman–Crippen MR) is 91.4 cm³/mol. The van der Waals surface area contributed by atoms with Gasteiger partial charge in [-0.25, -0.2) is 4.98 Å². The molecule has 1 aliphatic heterocycles. The number of benzene rings is 1. The highest BCUT2D eigenvalue weighted by Gasteiger charge is 2.13. The molecule has 0 atom stereocenters. The van der Waals surface area contributed by atoms with Gasteiger partial charge >= 0.3 is 0 Å². The largest absolute Gasteiger partial charge is 0.497 e. The summed E-state index contributed by atoms with van der Waals surface area (Å²) < 4.78 is 10.5. The zero-order chi connectivity index (χ0) is 16.8. The third-order valence-corrected chi connectivity index (χ3v) is 3.95.